The lowest BCUT2D eigenvalue weighted by Crippen LogP contribution is -2.17. The molecule has 0 aromatic carbocycles. The van der Waals surface area contributed by atoms with Gasteiger partial charge in [0.25, 0.3) is 0 Å². The van der Waals surface area contributed by atoms with Crippen LogP contribution in [0.2, 0.25) is 0 Å². The molecule has 1 fully saturated rings. The van der Waals surface area contributed by atoms with Crippen LogP contribution >= 0.6 is 0 Å². The number of carboxylic acids is 2. The van der Waals surface area contributed by atoms with Crippen molar-refractivity contribution in [3.8, 4) is 11.8 Å². The van der Waals surface area contributed by atoms with Crippen molar-refractivity contribution in [1.29, 1.82) is 0 Å². The number of nitrogens with zero attached hydrogens (tertiary/aromatic N) is 2. The molecule has 0 spiro atoms. The third-order valence-electron chi connectivity index (χ3n) is 3.64. The standard InChI is InChI=1S/C15H20N2.C4H4O4/c1-3-4-5-7-13-10-14(12-16-11-13)15-8-6-9-17(15)2;5-3(6)1-2-4(7)8/h10-12,15H,3-4,6,8-9H2,1-2H3;1-2H,(H,5,6)(H,7,8). The van der Waals surface area contributed by atoms with E-state index in [2.05, 4.69) is 41.8 Å². The van der Waals surface area contributed by atoms with Gasteiger partial charge in [0.15, 0.2) is 0 Å². The van der Waals surface area contributed by atoms with E-state index in [0.717, 1.165) is 18.4 Å². The number of rotatable bonds is 4. The van der Waals surface area contributed by atoms with Crippen LogP contribution in [0.15, 0.2) is 30.6 Å². The van der Waals surface area contributed by atoms with Gasteiger partial charge in [-0.3, -0.25) is 9.88 Å². The molecule has 0 bridgehead atoms. The van der Waals surface area contributed by atoms with E-state index in [9.17, 15) is 9.59 Å². The summed E-state index contributed by atoms with van der Waals surface area (Å²) in [4.78, 5) is 25.8. The van der Waals surface area contributed by atoms with E-state index in [1.807, 2.05) is 12.4 Å². The predicted octanol–water partition coefficient (Wildman–Crippen LogP) is 2.71. The van der Waals surface area contributed by atoms with Crippen LogP contribution in [0.4, 0.5) is 0 Å². The quantitative estimate of drug-likeness (QED) is 0.645. The second kappa shape index (κ2) is 11.0. The summed E-state index contributed by atoms with van der Waals surface area (Å²) in [5.74, 6) is 3.86. The summed E-state index contributed by atoms with van der Waals surface area (Å²) in [5.41, 5.74) is 2.37. The van der Waals surface area contributed by atoms with Crippen LogP contribution in [0, 0.1) is 11.8 Å². The third-order valence-corrected chi connectivity index (χ3v) is 3.64. The summed E-state index contributed by atoms with van der Waals surface area (Å²) in [5, 5.41) is 15.6. The molecule has 6 heteroatoms. The van der Waals surface area contributed by atoms with Gasteiger partial charge < -0.3 is 10.2 Å². The number of aromatic nitrogens is 1. The molecule has 0 saturated carbocycles. The number of pyridine rings is 1. The molecule has 1 saturated heterocycles. The van der Waals surface area contributed by atoms with E-state index < -0.39 is 11.9 Å². The van der Waals surface area contributed by atoms with Gasteiger partial charge in [-0.05, 0) is 44.5 Å². The van der Waals surface area contributed by atoms with E-state index in [-0.39, 0.29) is 0 Å². The van der Waals surface area contributed by atoms with Crippen molar-refractivity contribution in [3.63, 3.8) is 0 Å². The van der Waals surface area contributed by atoms with Crippen molar-refractivity contribution in [1.82, 2.24) is 9.88 Å². The predicted molar refractivity (Wildman–Crippen MR) is 95.0 cm³/mol. The molecule has 1 aromatic heterocycles. The van der Waals surface area contributed by atoms with E-state index >= 15 is 0 Å². The Kier molecular flexibility index (Phi) is 8.97. The molecule has 25 heavy (non-hydrogen) atoms. The molecule has 0 aliphatic carbocycles. The molecule has 1 aliphatic rings. The first-order valence-corrected chi connectivity index (χ1v) is 8.22. The number of hydrogen-bond donors (Lipinski definition) is 2. The number of hydrogen-bond acceptors (Lipinski definition) is 4. The molecule has 1 aliphatic heterocycles. The maximum absolute atomic E-state index is 9.55. The summed E-state index contributed by atoms with van der Waals surface area (Å²) < 4.78 is 0. The Bertz CT molecular complexity index is 657. The van der Waals surface area contributed by atoms with Crippen LogP contribution in [-0.2, 0) is 9.59 Å². The lowest BCUT2D eigenvalue weighted by Gasteiger charge is -2.19. The fourth-order valence-corrected chi connectivity index (χ4v) is 2.47. The Hall–Kier alpha value is -2.65. The Balaban J connectivity index is 0.000000333. The summed E-state index contributed by atoms with van der Waals surface area (Å²) >= 11 is 0. The highest BCUT2D eigenvalue weighted by molar-refractivity contribution is 5.89. The zero-order chi connectivity index (χ0) is 18.7. The second-order valence-electron chi connectivity index (χ2n) is 5.71. The minimum atomic E-state index is -1.26. The molecule has 2 rings (SSSR count). The Morgan fingerprint density at radius 1 is 1.32 bits per heavy atom. The normalized spacial score (nSPS) is 16.6. The van der Waals surface area contributed by atoms with Gasteiger partial charge in [0.05, 0.1) is 0 Å². The van der Waals surface area contributed by atoms with Crippen molar-refractivity contribution in [2.45, 2.75) is 38.6 Å². The third kappa shape index (κ3) is 8.13. The van der Waals surface area contributed by atoms with E-state index in [1.54, 1.807) is 0 Å². The van der Waals surface area contributed by atoms with Crippen LogP contribution in [0.25, 0.3) is 0 Å². The highest BCUT2D eigenvalue weighted by Gasteiger charge is 2.22. The first-order chi connectivity index (χ1) is 11.9. The largest absolute Gasteiger partial charge is 0.478 e. The second-order valence-corrected chi connectivity index (χ2v) is 5.71. The van der Waals surface area contributed by atoms with E-state index in [1.165, 1.54) is 24.9 Å². The first-order valence-electron chi connectivity index (χ1n) is 8.22. The summed E-state index contributed by atoms with van der Waals surface area (Å²) in [6, 6.07) is 2.73. The highest BCUT2D eigenvalue weighted by Crippen LogP contribution is 2.29. The minimum absolute atomic E-state index is 0.537. The smallest absolute Gasteiger partial charge is 0.328 e. The topological polar surface area (TPSA) is 90.7 Å². The fraction of sp³-hybridized carbons (Fsp3) is 0.421. The number of carboxylic acid groups (broad SMARTS) is 2. The number of aliphatic carboxylic acids is 2. The van der Waals surface area contributed by atoms with Crippen LogP contribution in [0.1, 0.15) is 49.8 Å². The summed E-state index contributed by atoms with van der Waals surface area (Å²) in [6.45, 7) is 3.34. The average Bonchev–Trinajstić information content (AvgIpc) is 3.00. The molecule has 2 heterocycles. The van der Waals surface area contributed by atoms with Gasteiger partial charge in [-0.1, -0.05) is 18.8 Å². The lowest BCUT2D eigenvalue weighted by molar-refractivity contribution is -0.134. The molecular weight excluding hydrogens is 320 g/mol. The number of likely N-dealkylation sites (tertiary alicyclic amines) is 1. The van der Waals surface area contributed by atoms with Gasteiger partial charge in [-0.25, -0.2) is 9.59 Å². The van der Waals surface area contributed by atoms with Crippen molar-refractivity contribution in [2.75, 3.05) is 13.6 Å². The van der Waals surface area contributed by atoms with E-state index in [0.29, 0.717) is 18.2 Å². The summed E-state index contributed by atoms with van der Waals surface area (Å²) in [7, 11) is 2.19. The van der Waals surface area contributed by atoms with Crippen LogP contribution in [0.5, 0.6) is 0 Å². The molecule has 1 aromatic rings. The van der Waals surface area contributed by atoms with Crippen LogP contribution in [0.3, 0.4) is 0 Å². The van der Waals surface area contributed by atoms with Gasteiger partial charge in [0.2, 0.25) is 0 Å². The Labute approximate surface area is 148 Å². The molecular formula is C19H24N2O4. The fourth-order valence-electron chi connectivity index (χ4n) is 2.47. The molecule has 1 unspecified atom stereocenters. The van der Waals surface area contributed by atoms with Crippen molar-refractivity contribution < 1.29 is 19.8 Å². The highest BCUT2D eigenvalue weighted by atomic mass is 16.4. The van der Waals surface area contributed by atoms with E-state index in [4.69, 9.17) is 10.2 Å². The zero-order valence-electron chi connectivity index (χ0n) is 14.6. The molecule has 0 amide bonds. The minimum Gasteiger partial charge on any atom is -0.478 e. The number of unbranched alkanes of at least 4 members (excludes halogenated alkanes) is 1. The molecule has 6 nitrogen and oxygen atoms in total. The summed E-state index contributed by atoms with van der Waals surface area (Å²) in [6.07, 6.45) is 9.57. The van der Waals surface area contributed by atoms with Gasteiger partial charge in [0, 0.05) is 42.6 Å². The average molecular weight is 344 g/mol. The molecule has 134 valence electrons. The lowest BCUT2D eigenvalue weighted by atomic mass is 10.1. The van der Waals surface area contributed by atoms with Gasteiger partial charge in [-0.15, -0.1) is 0 Å². The SMILES string of the molecule is CCCC#Cc1cncc(C2CCCN2C)c1.O=C(O)C=CC(=O)O. The monoisotopic (exact) mass is 344 g/mol. The van der Waals surface area contributed by atoms with Crippen molar-refractivity contribution >= 4 is 11.9 Å². The van der Waals surface area contributed by atoms with Crippen molar-refractivity contribution in [2.24, 2.45) is 0 Å². The van der Waals surface area contributed by atoms with Gasteiger partial charge in [0.1, 0.15) is 0 Å². The first kappa shape index (κ1) is 20.4. The molecule has 2 N–H and O–H groups in total. The van der Waals surface area contributed by atoms with Crippen LogP contribution in [-0.4, -0.2) is 45.6 Å². The molecule has 1 atom stereocenters. The number of carbonyl (C=O) groups is 2. The van der Waals surface area contributed by atoms with Gasteiger partial charge >= 0.3 is 11.9 Å². The van der Waals surface area contributed by atoms with Gasteiger partial charge in [-0.2, -0.15) is 0 Å². The molecule has 0 radical (unpaired) electrons. The maximum atomic E-state index is 9.55. The Morgan fingerprint density at radius 3 is 2.52 bits per heavy atom. The maximum Gasteiger partial charge on any atom is 0.328 e. The Morgan fingerprint density at radius 2 is 2.00 bits per heavy atom. The van der Waals surface area contributed by atoms with Crippen LogP contribution < -0.4 is 0 Å². The van der Waals surface area contributed by atoms with Crippen molar-refractivity contribution in [3.05, 3.63) is 41.7 Å². The zero-order valence-corrected chi connectivity index (χ0v) is 14.6.